The van der Waals surface area contributed by atoms with E-state index in [9.17, 15) is 14.4 Å². The van der Waals surface area contributed by atoms with Gasteiger partial charge in [-0.3, -0.25) is 14.4 Å². The summed E-state index contributed by atoms with van der Waals surface area (Å²) in [6.45, 7) is 6.51. The van der Waals surface area contributed by atoms with Gasteiger partial charge in [0.2, 0.25) is 0 Å². The first-order valence-electron chi connectivity index (χ1n) is 28.3. The molecule has 1 unspecified atom stereocenters. The van der Waals surface area contributed by atoms with E-state index in [4.69, 9.17) is 14.2 Å². The number of hydrogen-bond donors (Lipinski definition) is 0. The highest BCUT2D eigenvalue weighted by Gasteiger charge is 2.19. The van der Waals surface area contributed by atoms with Crippen LogP contribution in [0.4, 0.5) is 0 Å². The number of ether oxygens (including phenoxy) is 3. The van der Waals surface area contributed by atoms with Crippen LogP contribution < -0.4 is 0 Å². The summed E-state index contributed by atoms with van der Waals surface area (Å²) < 4.78 is 16.8. The van der Waals surface area contributed by atoms with Crippen molar-refractivity contribution >= 4 is 17.9 Å². The fourth-order valence-corrected chi connectivity index (χ4v) is 8.07. The van der Waals surface area contributed by atoms with Gasteiger partial charge in [-0.15, -0.1) is 0 Å². The topological polar surface area (TPSA) is 78.9 Å². The van der Waals surface area contributed by atoms with E-state index in [-0.39, 0.29) is 37.5 Å². The molecule has 0 saturated heterocycles. The molecule has 0 bridgehead atoms. The summed E-state index contributed by atoms with van der Waals surface area (Å²) in [5, 5.41) is 0. The standard InChI is InChI=1S/C60H106O6/c1-4-7-10-13-16-19-22-25-28-30-32-35-38-41-44-47-50-53-59(62)65-56-57(55-64-58(61)52-49-46-43-40-37-34-27-24-21-18-15-12-9-6-3)66-60(63)54-51-48-45-42-39-36-33-31-29-26-23-20-17-14-11-8-5-2/h7,10,16,19,25,28,32,35,41,44,57H,4-6,8-9,11-15,17-18,20-24,26-27,29-31,33-34,36-40,42-43,45-56H2,1-3H3/b10-7-,19-16-,28-25-,35-32-,44-41-. The van der Waals surface area contributed by atoms with Gasteiger partial charge in [-0.1, -0.05) is 268 Å². The molecule has 0 spiro atoms. The highest BCUT2D eigenvalue weighted by Crippen LogP contribution is 2.16. The number of allylic oxidation sites excluding steroid dienone is 10. The maximum Gasteiger partial charge on any atom is 0.306 e. The van der Waals surface area contributed by atoms with E-state index in [1.54, 1.807) is 0 Å². The van der Waals surface area contributed by atoms with Gasteiger partial charge < -0.3 is 14.2 Å². The smallest absolute Gasteiger partial charge is 0.306 e. The van der Waals surface area contributed by atoms with E-state index in [1.165, 1.54) is 161 Å². The highest BCUT2D eigenvalue weighted by molar-refractivity contribution is 5.71. The van der Waals surface area contributed by atoms with Crippen molar-refractivity contribution in [2.45, 2.75) is 290 Å². The van der Waals surface area contributed by atoms with Gasteiger partial charge in [-0.05, 0) is 57.8 Å². The van der Waals surface area contributed by atoms with Gasteiger partial charge >= 0.3 is 17.9 Å². The minimum absolute atomic E-state index is 0.0878. The van der Waals surface area contributed by atoms with Crippen LogP contribution in [-0.4, -0.2) is 37.2 Å². The van der Waals surface area contributed by atoms with Crippen molar-refractivity contribution in [3.63, 3.8) is 0 Å². The molecule has 0 N–H and O–H groups in total. The van der Waals surface area contributed by atoms with Crippen molar-refractivity contribution in [1.82, 2.24) is 0 Å². The molecule has 0 radical (unpaired) electrons. The zero-order chi connectivity index (χ0) is 47.9. The van der Waals surface area contributed by atoms with Gasteiger partial charge in [-0.2, -0.15) is 0 Å². The largest absolute Gasteiger partial charge is 0.462 e. The highest BCUT2D eigenvalue weighted by atomic mass is 16.6. The Hall–Kier alpha value is -2.89. The molecule has 0 aliphatic carbocycles. The van der Waals surface area contributed by atoms with Crippen molar-refractivity contribution in [3.05, 3.63) is 60.8 Å². The summed E-state index contributed by atoms with van der Waals surface area (Å²) in [4.78, 5) is 38.1. The second-order valence-corrected chi connectivity index (χ2v) is 18.8. The zero-order valence-corrected chi connectivity index (χ0v) is 43.7. The minimum Gasteiger partial charge on any atom is -0.462 e. The molecule has 382 valence electrons. The van der Waals surface area contributed by atoms with Gasteiger partial charge in [-0.25, -0.2) is 0 Å². The molecular weight excluding hydrogens is 817 g/mol. The summed E-state index contributed by atoms with van der Waals surface area (Å²) >= 11 is 0. The maximum atomic E-state index is 12.8. The Morgan fingerprint density at radius 3 is 0.924 bits per heavy atom. The van der Waals surface area contributed by atoms with Crippen LogP contribution >= 0.6 is 0 Å². The SMILES string of the molecule is CC/C=C\C/C=C\C/C=C\C/C=C\C/C=C\CCCC(=O)OCC(COC(=O)CCCCCCCCCCCCCCCC)OC(=O)CCCCCCCCCCCCCCCCCCC. The van der Waals surface area contributed by atoms with E-state index in [0.29, 0.717) is 19.3 Å². The maximum absolute atomic E-state index is 12.8. The summed E-state index contributed by atoms with van der Waals surface area (Å²) in [5.41, 5.74) is 0. The van der Waals surface area contributed by atoms with Crippen molar-refractivity contribution in [2.24, 2.45) is 0 Å². The summed E-state index contributed by atoms with van der Waals surface area (Å²) in [6.07, 6.45) is 67.8. The predicted octanol–water partition coefficient (Wildman–Crippen LogP) is 18.8. The number of rotatable bonds is 51. The Morgan fingerprint density at radius 1 is 0.318 bits per heavy atom. The molecular formula is C60H106O6. The molecule has 6 nitrogen and oxygen atoms in total. The van der Waals surface area contributed by atoms with Crippen LogP contribution in [-0.2, 0) is 28.6 Å². The molecule has 0 amide bonds. The molecule has 1 atom stereocenters. The summed E-state index contributed by atoms with van der Waals surface area (Å²) in [6, 6.07) is 0. The molecule has 0 saturated carbocycles. The lowest BCUT2D eigenvalue weighted by atomic mass is 10.0. The van der Waals surface area contributed by atoms with Gasteiger partial charge in [0, 0.05) is 19.3 Å². The van der Waals surface area contributed by atoms with Gasteiger partial charge in [0.05, 0.1) is 0 Å². The van der Waals surface area contributed by atoms with Crippen molar-refractivity contribution < 1.29 is 28.6 Å². The molecule has 66 heavy (non-hydrogen) atoms. The Bertz CT molecular complexity index is 1200. The molecule has 0 fully saturated rings. The average Bonchev–Trinajstić information content (AvgIpc) is 3.31. The van der Waals surface area contributed by atoms with Gasteiger partial charge in [0.25, 0.3) is 0 Å². The number of carbonyl (C=O) groups excluding carboxylic acids is 3. The fourth-order valence-electron chi connectivity index (χ4n) is 8.07. The van der Waals surface area contributed by atoms with E-state index in [2.05, 4.69) is 81.5 Å². The third-order valence-corrected chi connectivity index (χ3v) is 12.3. The van der Waals surface area contributed by atoms with E-state index >= 15 is 0 Å². The molecule has 0 aromatic heterocycles. The molecule has 0 heterocycles. The minimum atomic E-state index is -0.793. The monoisotopic (exact) mass is 923 g/mol. The second kappa shape index (κ2) is 54.7. The van der Waals surface area contributed by atoms with Crippen LogP contribution in [0.3, 0.4) is 0 Å². The summed E-state index contributed by atoms with van der Waals surface area (Å²) in [5.74, 6) is -0.935. The van der Waals surface area contributed by atoms with Crippen LogP contribution in [0.25, 0.3) is 0 Å². The quantitative estimate of drug-likeness (QED) is 0.0262. The predicted molar refractivity (Wildman–Crippen MR) is 284 cm³/mol. The van der Waals surface area contributed by atoms with Crippen molar-refractivity contribution in [2.75, 3.05) is 13.2 Å². The van der Waals surface area contributed by atoms with E-state index in [1.807, 2.05) is 0 Å². The Kier molecular flexibility index (Phi) is 52.3. The van der Waals surface area contributed by atoms with Crippen LogP contribution in [0.5, 0.6) is 0 Å². The number of hydrogen-bond acceptors (Lipinski definition) is 6. The van der Waals surface area contributed by atoms with Crippen LogP contribution in [0.15, 0.2) is 60.8 Å². The van der Waals surface area contributed by atoms with E-state index < -0.39 is 6.10 Å². The average molecular weight is 924 g/mol. The van der Waals surface area contributed by atoms with Crippen LogP contribution in [0, 0.1) is 0 Å². The van der Waals surface area contributed by atoms with Crippen molar-refractivity contribution in [3.8, 4) is 0 Å². The Morgan fingerprint density at radius 2 is 0.591 bits per heavy atom. The first-order chi connectivity index (χ1) is 32.5. The Balaban J connectivity index is 4.43. The molecule has 0 aliphatic heterocycles. The second-order valence-electron chi connectivity index (χ2n) is 18.8. The molecule has 0 aliphatic rings. The van der Waals surface area contributed by atoms with Crippen LogP contribution in [0.1, 0.15) is 284 Å². The normalized spacial score (nSPS) is 12.5. The lowest BCUT2D eigenvalue weighted by molar-refractivity contribution is -0.167. The summed E-state index contributed by atoms with van der Waals surface area (Å²) in [7, 11) is 0. The molecule has 0 aromatic carbocycles. The first-order valence-corrected chi connectivity index (χ1v) is 28.3. The van der Waals surface area contributed by atoms with Crippen molar-refractivity contribution in [1.29, 1.82) is 0 Å². The first kappa shape index (κ1) is 63.1. The Labute approximate surface area is 409 Å². The third kappa shape index (κ3) is 52.1. The fraction of sp³-hybridized carbons (Fsp3) is 0.783. The lowest BCUT2D eigenvalue weighted by Crippen LogP contribution is -2.30. The molecule has 0 rings (SSSR count). The number of unbranched alkanes of at least 4 members (excludes halogenated alkanes) is 30. The number of esters is 3. The van der Waals surface area contributed by atoms with E-state index in [0.717, 1.165) is 77.0 Å². The third-order valence-electron chi connectivity index (χ3n) is 12.3. The zero-order valence-electron chi connectivity index (χ0n) is 43.7. The van der Waals surface area contributed by atoms with Gasteiger partial charge in [0.15, 0.2) is 6.10 Å². The van der Waals surface area contributed by atoms with Gasteiger partial charge in [0.1, 0.15) is 13.2 Å². The number of carbonyl (C=O) groups is 3. The molecule has 0 aromatic rings. The molecule has 6 heteroatoms. The van der Waals surface area contributed by atoms with Crippen LogP contribution in [0.2, 0.25) is 0 Å². The lowest BCUT2D eigenvalue weighted by Gasteiger charge is -2.18.